The summed E-state index contributed by atoms with van der Waals surface area (Å²) < 4.78 is 9.49. The molecular weight excluding hydrogens is 328 g/mol. The Kier molecular flexibility index (Phi) is 7.62. The highest BCUT2D eigenvalue weighted by Gasteiger charge is 2.29. The lowest BCUT2D eigenvalue weighted by atomic mass is 9.89. The summed E-state index contributed by atoms with van der Waals surface area (Å²) in [7, 11) is 2.56. The number of rotatable bonds is 8. The number of allylic oxidation sites excluding steroid dienone is 1. The van der Waals surface area contributed by atoms with E-state index >= 15 is 0 Å². The summed E-state index contributed by atoms with van der Waals surface area (Å²) >= 11 is 0. The first-order chi connectivity index (χ1) is 12.7. The van der Waals surface area contributed by atoms with Crippen LogP contribution in [-0.4, -0.2) is 26.2 Å². The lowest BCUT2D eigenvalue weighted by Crippen LogP contribution is -2.26. The van der Waals surface area contributed by atoms with E-state index in [4.69, 9.17) is 9.47 Å². The predicted molar refractivity (Wildman–Crippen MR) is 101 cm³/mol. The van der Waals surface area contributed by atoms with Gasteiger partial charge in [0.1, 0.15) is 0 Å². The summed E-state index contributed by atoms with van der Waals surface area (Å²) in [4.78, 5) is 23.8. The fraction of sp³-hybridized carbons (Fsp3) is 0.273. The maximum Gasteiger partial charge on any atom is 0.320 e. The molecule has 2 rings (SSSR count). The van der Waals surface area contributed by atoms with E-state index in [0.29, 0.717) is 12.8 Å². The molecule has 0 aliphatic carbocycles. The fourth-order valence-corrected chi connectivity index (χ4v) is 2.83. The fourth-order valence-electron chi connectivity index (χ4n) is 2.83. The van der Waals surface area contributed by atoms with E-state index in [1.807, 2.05) is 60.7 Å². The third kappa shape index (κ3) is 5.59. The number of hydrogen-bond donors (Lipinski definition) is 0. The lowest BCUT2D eigenvalue weighted by molar-refractivity contribution is -0.159. The zero-order valence-corrected chi connectivity index (χ0v) is 15.1. The Balaban J connectivity index is 2.17. The number of ether oxygens (including phenoxy) is 2. The van der Waals surface area contributed by atoms with E-state index in [1.54, 1.807) is 0 Å². The molecule has 0 aromatic heterocycles. The maximum atomic E-state index is 11.9. The molecule has 0 saturated carbocycles. The van der Waals surface area contributed by atoms with E-state index in [1.165, 1.54) is 14.2 Å². The molecule has 0 aliphatic heterocycles. The van der Waals surface area contributed by atoms with E-state index < -0.39 is 17.9 Å². The number of esters is 2. The summed E-state index contributed by atoms with van der Waals surface area (Å²) in [5.41, 5.74) is 2.24. The van der Waals surface area contributed by atoms with E-state index in [2.05, 4.69) is 12.2 Å². The van der Waals surface area contributed by atoms with Crippen molar-refractivity contribution < 1.29 is 19.1 Å². The predicted octanol–water partition coefficient (Wildman–Crippen LogP) is 4.23. The Morgan fingerprint density at radius 3 is 1.92 bits per heavy atom. The topological polar surface area (TPSA) is 52.6 Å². The second kappa shape index (κ2) is 10.2. The second-order valence-corrected chi connectivity index (χ2v) is 5.96. The number of carbonyl (C=O) groups is 2. The van der Waals surface area contributed by atoms with Crippen LogP contribution in [0.3, 0.4) is 0 Å². The molecule has 4 heteroatoms. The first-order valence-corrected chi connectivity index (χ1v) is 8.59. The molecule has 0 saturated heterocycles. The van der Waals surface area contributed by atoms with Crippen molar-refractivity contribution in [3.8, 4) is 0 Å². The number of carbonyl (C=O) groups excluding carboxylic acids is 2. The van der Waals surface area contributed by atoms with Gasteiger partial charge in [-0.2, -0.15) is 0 Å². The van der Waals surface area contributed by atoms with Crippen LogP contribution in [0, 0.1) is 5.92 Å². The molecule has 0 N–H and O–H groups in total. The van der Waals surface area contributed by atoms with Crippen molar-refractivity contribution >= 4 is 18.0 Å². The van der Waals surface area contributed by atoms with Gasteiger partial charge in [-0.1, -0.05) is 72.8 Å². The van der Waals surface area contributed by atoms with E-state index in [9.17, 15) is 9.59 Å². The molecule has 4 nitrogen and oxygen atoms in total. The van der Waals surface area contributed by atoms with Crippen molar-refractivity contribution in [1.82, 2.24) is 0 Å². The van der Waals surface area contributed by atoms with Gasteiger partial charge in [-0.05, 0) is 24.0 Å². The first-order valence-electron chi connectivity index (χ1n) is 8.59. The summed E-state index contributed by atoms with van der Waals surface area (Å²) in [6.07, 6.45) is 5.15. The molecule has 0 spiro atoms. The maximum absolute atomic E-state index is 11.9. The Hall–Kier alpha value is -2.88. The van der Waals surface area contributed by atoms with Gasteiger partial charge in [0.05, 0.1) is 14.2 Å². The average molecular weight is 352 g/mol. The third-order valence-electron chi connectivity index (χ3n) is 4.29. The highest BCUT2D eigenvalue weighted by Crippen LogP contribution is 2.26. The highest BCUT2D eigenvalue weighted by molar-refractivity contribution is 5.94. The third-order valence-corrected chi connectivity index (χ3v) is 4.29. The molecule has 136 valence electrons. The number of methoxy groups -OCH3 is 2. The molecule has 0 heterocycles. The molecule has 2 aromatic carbocycles. The van der Waals surface area contributed by atoms with E-state index in [0.717, 1.165) is 11.1 Å². The van der Waals surface area contributed by atoms with Crippen molar-refractivity contribution in [3.63, 3.8) is 0 Å². The van der Waals surface area contributed by atoms with Crippen LogP contribution in [0.25, 0.3) is 6.08 Å². The van der Waals surface area contributed by atoms with Crippen molar-refractivity contribution in [2.45, 2.75) is 18.8 Å². The van der Waals surface area contributed by atoms with Gasteiger partial charge in [0.15, 0.2) is 5.92 Å². The summed E-state index contributed by atoms with van der Waals surface area (Å²) in [6, 6.07) is 20.0. The van der Waals surface area contributed by atoms with Gasteiger partial charge in [0.2, 0.25) is 0 Å². The van der Waals surface area contributed by atoms with Crippen LogP contribution in [0.1, 0.15) is 29.9 Å². The molecule has 1 atom stereocenters. The highest BCUT2D eigenvalue weighted by atomic mass is 16.5. The summed E-state index contributed by atoms with van der Waals surface area (Å²) in [5, 5.41) is 0. The van der Waals surface area contributed by atoms with Gasteiger partial charge in [-0.3, -0.25) is 9.59 Å². The summed E-state index contributed by atoms with van der Waals surface area (Å²) in [6.45, 7) is 0. The van der Waals surface area contributed by atoms with Crippen molar-refractivity contribution in [2.24, 2.45) is 5.92 Å². The molecule has 0 fully saturated rings. The number of benzene rings is 2. The Morgan fingerprint density at radius 1 is 0.846 bits per heavy atom. The van der Waals surface area contributed by atoms with Crippen LogP contribution in [0.2, 0.25) is 0 Å². The van der Waals surface area contributed by atoms with Crippen molar-refractivity contribution in [3.05, 3.63) is 77.9 Å². The molecule has 0 amide bonds. The first kappa shape index (κ1) is 19.4. The average Bonchev–Trinajstić information content (AvgIpc) is 2.71. The van der Waals surface area contributed by atoms with Gasteiger partial charge in [-0.25, -0.2) is 0 Å². The zero-order chi connectivity index (χ0) is 18.8. The second-order valence-electron chi connectivity index (χ2n) is 5.96. The molecule has 0 radical (unpaired) electrons. The normalized spacial score (nSPS) is 12.1. The lowest BCUT2D eigenvalue weighted by Gasteiger charge is -2.17. The van der Waals surface area contributed by atoms with Gasteiger partial charge in [0, 0.05) is 5.92 Å². The monoisotopic (exact) mass is 352 g/mol. The number of hydrogen-bond acceptors (Lipinski definition) is 4. The minimum absolute atomic E-state index is 0.0771. The molecule has 0 aliphatic rings. The molecule has 26 heavy (non-hydrogen) atoms. The Bertz CT molecular complexity index is 706. The van der Waals surface area contributed by atoms with E-state index in [-0.39, 0.29) is 5.92 Å². The van der Waals surface area contributed by atoms with Crippen LogP contribution < -0.4 is 0 Å². The standard InChI is InChI=1S/C22H24O4/c1-25-21(23)20(22(24)26-2)16-15-19(18-11-7-4-8-12-18)14-13-17-9-5-3-6-10-17/h3-14,19-20H,15-16H2,1-2H3/b14-13+. The molecule has 1 unspecified atom stereocenters. The van der Waals surface area contributed by atoms with Crippen molar-refractivity contribution in [1.29, 1.82) is 0 Å². The molecule has 0 bridgehead atoms. The van der Waals surface area contributed by atoms with Gasteiger partial charge < -0.3 is 9.47 Å². The largest absolute Gasteiger partial charge is 0.468 e. The van der Waals surface area contributed by atoms with Crippen LogP contribution in [-0.2, 0) is 19.1 Å². The van der Waals surface area contributed by atoms with Gasteiger partial charge in [0.25, 0.3) is 0 Å². The van der Waals surface area contributed by atoms with Gasteiger partial charge in [-0.15, -0.1) is 0 Å². The molecule has 2 aromatic rings. The van der Waals surface area contributed by atoms with Crippen LogP contribution in [0.5, 0.6) is 0 Å². The smallest absolute Gasteiger partial charge is 0.320 e. The Morgan fingerprint density at radius 2 is 1.38 bits per heavy atom. The van der Waals surface area contributed by atoms with Crippen LogP contribution in [0.4, 0.5) is 0 Å². The van der Waals surface area contributed by atoms with Gasteiger partial charge >= 0.3 is 11.9 Å². The van der Waals surface area contributed by atoms with Crippen LogP contribution in [0.15, 0.2) is 66.7 Å². The SMILES string of the molecule is COC(=O)C(CCC(/C=C/c1ccccc1)c1ccccc1)C(=O)OC. The minimum atomic E-state index is -0.902. The van der Waals surface area contributed by atoms with Crippen molar-refractivity contribution in [2.75, 3.05) is 14.2 Å². The minimum Gasteiger partial charge on any atom is -0.468 e. The quantitative estimate of drug-likeness (QED) is 0.527. The zero-order valence-electron chi connectivity index (χ0n) is 15.1. The summed E-state index contributed by atoms with van der Waals surface area (Å²) in [5.74, 6) is -1.94. The van der Waals surface area contributed by atoms with Crippen LogP contribution >= 0.6 is 0 Å². The Labute approximate surface area is 154 Å². The molecular formula is C22H24O4.